The van der Waals surface area contributed by atoms with E-state index in [1.807, 2.05) is 6.92 Å². The second-order valence-electron chi connectivity index (χ2n) is 6.44. The number of thioether (sulfide) groups is 1. The van der Waals surface area contributed by atoms with E-state index in [-0.39, 0.29) is 30.5 Å². The van der Waals surface area contributed by atoms with E-state index in [4.69, 9.17) is 17.0 Å². The molecule has 1 saturated heterocycles. The molecule has 2 aromatic carbocycles. The molecule has 160 valence electrons. The molecular formula is C21H19N3O5S2. The quantitative estimate of drug-likeness (QED) is 0.274. The van der Waals surface area contributed by atoms with E-state index in [0.29, 0.717) is 32.8 Å². The molecule has 0 saturated carbocycles. The molecule has 0 unspecified atom stereocenters. The van der Waals surface area contributed by atoms with Gasteiger partial charge in [-0.25, -0.2) is 0 Å². The van der Waals surface area contributed by atoms with Crippen LogP contribution in [-0.2, 0) is 9.59 Å². The van der Waals surface area contributed by atoms with Gasteiger partial charge in [-0.05, 0) is 42.8 Å². The van der Waals surface area contributed by atoms with Crippen LogP contribution in [0.5, 0.6) is 5.75 Å². The average Bonchev–Trinajstić information content (AvgIpc) is 3.01. The Labute approximate surface area is 188 Å². The number of rotatable bonds is 8. The number of ether oxygens (including phenoxy) is 1. The Bertz CT molecular complexity index is 1050. The van der Waals surface area contributed by atoms with Crippen molar-refractivity contribution < 1.29 is 19.2 Å². The zero-order valence-corrected chi connectivity index (χ0v) is 18.2. The molecule has 0 spiro atoms. The summed E-state index contributed by atoms with van der Waals surface area (Å²) in [6, 6.07) is 13.0. The van der Waals surface area contributed by atoms with Crippen molar-refractivity contribution in [1.29, 1.82) is 0 Å². The molecule has 1 fully saturated rings. The third kappa shape index (κ3) is 5.89. The van der Waals surface area contributed by atoms with Crippen LogP contribution in [0.2, 0.25) is 0 Å². The number of nitro groups is 1. The normalized spacial score (nSPS) is 14.7. The van der Waals surface area contributed by atoms with Crippen molar-refractivity contribution in [2.24, 2.45) is 0 Å². The van der Waals surface area contributed by atoms with Crippen molar-refractivity contribution in [2.45, 2.75) is 13.3 Å². The number of nitrogens with one attached hydrogen (secondary N) is 1. The van der Waals surface area contributed by atoms with Gasteiger partial charge >= 0.3 is 0 Å². The van der Waals surface area contributed by atoms with Gasteiger partial charge in [-0.1, -0.05) is 36.1 Å². The fraction of sp³-hybridized carbons (Fsp3) is 0.190. The number of benzene rings is 2. The molecule has 0 radical (unpaired) electrons. The maximum Gasteiger partial charge on any atom is 0.270 e. The number of amides is 2. The summed E-state index contributed by atoms with van der Waals surface area (Å²) < 4.78 is 5.71. The minimum atomic E-state index is -0.495. The van der Waals surface area contributed by atoms with E-state index in [1.165, 1.54) is 17.0 Å². The summed E-state index contributed by atoms with van der Waals surface area (Å²) in [5.41, 5.74) is 1.10. The molecule has 2 amide bonds. The van der Waals surface area contributed by atoms with Gasteiger partial charge in [-0.15, -0.1) is 0 Å². The summed E-state index contributed by atoms with van der Waals surface area (Å²) in [6.45, 7) is 2.59. The smallest absolute Gasteiger partial charge is 0.270 e. The van der Waals surface area contributed by atoms with Gasteiger partial charge in [0.2, 0.25) is 5.91 Å². The molecule has 8 nitrogen and oxygen atoms in total. The Morgan fingerprint density at radius 3 is 2.71 bits per heavy atom. The van der Waals surface area contributed by atoms with Gasteiger partial charge in [0.1, 0.15) is 10.1 Å². The summed E-state index contributed by atoms with van der Waals surface area (Å²) >= 11 is 6.38. The van der Waals surface area contributed by atoms with Gasteiger partial charge < -0.3 is 10.1 Å². The highest BCUT2D eigenvalue weighted by Gasteiger charge is 2.32. The first-order chi connectivity index (χ1) is 14.9. The van der Waals surface area contributed by atoms with E-state index in [2.05, 4.69) is 5.32 Å². The molecule has 1 aliphatic rings. The van der Waals surface area contributed by atoms with Crippen LogP contribution in [0.15, 0.2) is 53.4 Å². The first-order valence-electron chi connectivity index (χ1n) is 9.40. The fourth-order valence-corrected chi connectivity index (χ4v) is 4.12. The monoisotopic (exact) mass is 457 g/mol. The topological polar surface area (TPSA) is 102 Å². The molecule has 31 heavy (non-hydrogen) atoms. The lowest BCUT2D eigenvalue weighted by atomic mass is 10.2. The van der Waals surface area contributed by atoms with Crippen molar-refractivity contribution in [2.75, 3.05) is 18.5 Å². The summed E-state index contributed by atoms with van der Waals surface area (Å²) in [5, 5.41) is 13.7. The van der Waals surface area contributed by atoms with Gasteiger partial charge in [0.05, 0.1) is 16.4 Å². The molecule has 0 aromatic heterocycles. The Kier molecular flexibility index (Phi) is 7.37. The first kappa shape index (κ1) is 22.4. The largest absolute Gasteiger partial charge is 0.494 e. The van der Waals surface area contributed by atoms with Crippen molar-refractivity contribution >= 4 is 57.6 Å². The number of non-ortho nitro benzene ring substituents is 1. The van der Waals surface area contributed by atoms with Crippen molar-refractivity contribution in [3.05, 3.63) is 69.1 Å². The number of thiocarbonyl (C=S) groups is 1. The van der Waals surface area contributed by atoms with Crippen LogP contribution >= 0.6 is 24.0 Å². The number of hydrogen-bond donors (Lipinski definition) is 1. The molecule has 0 atom stereocenters. The van der Waals surface area contributed by atoms with E-state index in [9.17, 15) is 19.7 Å². The summed E-state index contributed by atoms with van der Waals surface area (Å²) in [4.78, 5) is 37.1. The fourth-order valence-electron chi connectivity index (χ4n) is 2.81. The molecule has 0 bridgehead atoms. The van der Waals surface area contributed by atoms with E-state index in [0.717, 1.165) is 11.8 Å². The number of carbonyl (C=O) groups excluding carboxylic acids is 2. The number of anilines is 1. The zero-order valence-electron chi connectivity index (χ0n) is 16.6. The lowest BCUT2D eigenvalue weighted by Gasteiger charge is -2.14. The number of hydrogen-bond acceptors (Lipinski definition) is 7. The Morgan fingerprint density at radius 2 is 2.03 bits per heavy atom. The van der Waals surface area contributed by atoms with Crippen LogP contribution in [0.4, 0.5) is 11.4 Å². The van der Waals surface area contributed by atoms with Gasteiger partial charge in [0.25, 0.3) is 11.6 Å². The van der Waals surface area contributed by atoms with Crippen molar-refractivity contribution in [3.8, 4) is 5.75 Å². The minimum absolute atomic E-state index is 0.0600. The number of carbonyl (C=O) groups is 2. The second-order valence-corrected chi connectivity index (χ2v) is 8.12. The zero-order chi connectivity index (χ0) is 22.4. The standard InChI is InChI=1S/C21H19N3O5S2/c1-2-29-17-8-6-15(7-9-17)22-19(25)10-11-23-20(26)18(31-21(23)30)13-14-4-3-5-16(12-14)24(27)28/h3-9,12-13H,2,10-11H2,1H3,(H,22,25)/b18-13-. The third-order valence-electron chi connectivity index (χ3n) is 4.26. The summed E-state index contributed by atoms with van der Waals surface area (Å²) in [5.74, 6) is 0.143. The predicted octanol–water partition coefficient (Wildman–Crippen LogP) is 4.22. The summed E-state index contributed by atoms with van der Waals surface area (Å²) in [7, 11) is 0. The van der Waals surface area contributed by atoms with Gasteiger partial charge in [0, 0.05) is 30.8 Å². The van der Waals surface area contributed by atoms with E-state index < -0.39 is 4.92 Å². The Morgan fingerprint density at radius 1 is 1.29 bits per heavy atom. The lowest BCUT2D eigenvalue weighted by molar-refractivity contribution is -0.384. The lowest BCUT2D eigenvalue weighted by Crippen LogP contribution is -2.31. The maximum absolute atomic E-state index is 12.7. The van der Waals surface area contributed by atoms with Gasteiger partial charge in [-0.2, -0.15) is 0 Å². The minimum Gasteiger partial charge on any atom is -0.494 e. The van der Waals surface area contributed by atoms with Crippen LogP contribution in [0.25, 0.3) is 6.08 Å². The van der Waals surface area contributed by atoms with Crippen LogP contribution in [0, 0.1) is 10.1 Å². The molecular weight excluding hydrogens is 438 g/mol. The Balaban J connectivity index is 1.59. The molecule has 10 heteroatoms. The van der Waals surface area contributed by atoms with Crippen LogP contribution in [0.1, 0.15) is 18.9 Å². The van der Waals surface area contributed by atoms with Gasteiger partial charge in [0.15, 0.2) is 0 Å². The highest BCUT2D eigenvalue weighted by atomic mass is 32.2. The van der Waals surface area contributed by atoms with Crippen molar-refractivity contribution in [3.63, 3.8) is 0 Å². The molecule has 2 aromatic rings. The SMILES string of the molecule is CCOc1ccc(NC(=O)CCN2C(=O)/C(=C/c3cccc([N+](=O)[O-])c3)SC2=S)cc1. The first-order valence-corrected chi connectivity index (χ1v) is 10.6. The Hall–Kier alpha value is -3.24. The van der Waals surface area contributed by atoms with E-state index in [1.54, 1.807) is 42.5 Å². The summed E-state index contributed by atoms with van der Waals surface area (Å²) in [6.07, 6.45) is 1.63. The highest BCUT2D eigenvalue weighted by molar-refractivity contribution is 8.26. The van der Waals surface area contributed by atoms with E-state index >= 15 is 0 Å². The van der Waals surface area contributed by atoms with Crippen LogP contribution in [-0.4, -0.2) is 39.1 Å². The van der Waals surface area contributed by atoms with Crippen LogP contribution in [0.3, 0.4) is 0 Å². The average molecular weight is 458 g/mol. The number of nitro benzene ring substituents is 1. The molecule has 0 aliphatic carbocycles. The second kappa shape index (κ2) is 10.2. The highest BCUT2D eigenvalue weighted by Crippen LogP contribution is 2.33. The maximum atomic E-state index is 12.7. The molecule has 1 heterocycles. The third-order valence-corrected chi connectivity index (χ3v) is 5.64. The van der Waals surface area contributed by atoms with Gasteiger partial charge in [-0.3, -0.25) is 24.6 Å². The molecule has 1 N–H and O–H groups in total. The van der Waals surface area contributed by atoms with Crippen molar-refractivity contribution in [1.82, 2.24) is 4.90 Å². The van der Waals surface area contributed by atoms with Crippen LogP contribution < -0.4 is 10.1 Å². The molecule has 3 rings (SSSR count). The predicted molar refractivity (Wildman–Crippen MR) is 124 cm³/mol. The molecule has 1 aliphatic heterocycles. The number of nitrogens with zero attached hydrogens (tertiary/aromatic N) is 2.